The van der Waals surface area contributed by atoms with Gasteiger partial charge in [0.15, 0.2) is 0 Å². The molecule has 8 heteroatoms. The number of benzene rings is 2. The highest BCUT2D eigenvalue weighted by Gasteiger charge is 2.39. The Morgan fingerprint density at radius 1 is 1.09 bits per heavy atom. The molecule has 4 amide bonds. The maximum absolute atomic E-state index is 13.3. The van der Waals surface area contributed by atoms with Gasteiger partial charge in [0.2, 0.25) is 0 Å². The minimum atomic E-state index is -0.870. The molecule has 0 radical (unpaired) electrons. The maximum atomic E-state index is 13.3. The number of carbonyl (C=O) groups is 3. The minimum Gasteiger partial charge on any atom is -0.364 e. The third kappa shape index (κ3) is 4.10. The molecule has 2 heterocycles. The minimum absolute atomic E-state index is 0.0108. The van der Waals surface area contributed by atoms with Gasteiger partial charge in [-0.25, -0.2) is 9.69 Å². The van der Waals surface area contributed by atoms with Crippen LogP contribution in [0.4, 0.5) is 16.2 Å². The number of hydrogen-bond donors (Lipinski definition) is 1. The van der Waals surface area contributed by atoms with Gasteiger partial charge < -0.3 is 4.90 Å². The first-order chi connectivity index (χ1) is 15.9. The van der Waals surface area contributed by atoms with Gasteiger partial charge in [0.25, 0.3) is 11.8 Å². The normalized spacial score (nSPS) is 21.2. The van der Waals surface area contributed by atoms with Crippen molar-refractivity contribution in [3.05, 3.63) is 63.1 Å². The van der Waals surface area contributed by atoms with Gasteiger partial charge in [-0.2, -0.15) is 0 Å². The van der Waals surface area contributed by atoms with Crippen LogP contribution in [0.5, 0.6) is 0 Å². The Kier molecular flexibility index (Phi) is 6.25. The largest absolute Gasteiger partial charge is 0.364 e. The second kappa shape index (κ2) is 8.75. The zero-order valence-corrected chi connectivity index (χ0v) is 21.3. The molecule has 0 saturated carbocycles. The Morgan fingerprint density at radius 2 is 1.79 bits per heavy atom. The number of imide groups is 2. The first-order valence-electron chi connectivity index (χ1n) is 11.2. The van der Waals surface area contributed by atoms with Gasteiger partial charge in [-0.1, -0.05) is 42.3 Å². The Hall–Kier alpha value is -2.83. The van der Waals surface area contributed by atoms with Crippen LogP contribution >= 0.6 is 23.2 Å². The molecule has 1 fully saturated rings. The third-order valence-electron chi connectivity index (χ3n) is 6.40. The number of nitrogens with one attached hydrogen (secondary N) is 1. The summed E-state index contributed by atoms with van der Waals surface area (Å²) >= 11 is 12.3. The molecular formula is C26H27Cl2N3O3. The van der Waals surface area contributed by atoms with Crippen molar-refractivity contribution in [2.24, 2.45) is 0 Å². The van der Waals surface area contributed by atoms with Crippen LogP contribution in [0.25, 0.3) is 6.08 Å². The maximum Gasteiger partial charge on any atom is 0.336 e. The fourth-order valence-electron chi connectivity index (χ4n) is 5.25. The van der Waals surface area contributed by atoms with E-state index in [1.165, 1.54) is 12.1 Å². The standard InChI is InChI=1S/C26H27Cl2N3O3/c1-14(2)31-20-10-9-16(11-17(20)15(3)13-26(31,4)5)12-18-23(32)29-25(34)30(24(18)33)21-8-6-7-19(27)22(21)28/h6-12,14-15H,13H2,1-5H3,(H,29,32,34)/b18-12+. The van der Waals surface area contributed by atoms with Crippen LogP contribution in [0.3, 0.4) is 0 Å². The Morgan fingerprint density at radius 3 is 2.47 bits per heavy atom. The monoisotopic (exact) mass is 499 g/mol. The lowest BCUT2D eigenvalue weighted by Gasteiger charge is -2.50. The summed E-state index contributed by atoms with van der Waals surface area (Å²) in [7, 11) is 0. The zero-order valence-electron chi connectivity index (χ0n) is 19.8. The first kappa shape index (κ1) is 24.3. The Bertz CT molecular complexity index is 1240. The molecule has 34 heavy (non-hydrogen) atoms. The fourth-order valence-corrected chi connectivity index (χ4v) is 5.63. The van der Waals surface area contributed by atoms with Crippen LogP contribution < -0.4 is 15.1 Å². The molecule has 0 aromatic heterocycles. The van der Waals surface area contributed by atoms with Crippen LogP contribution in [0.15, 0.2) is 42.0 Å². The van der Waals surface area contributed by atoms with Crippen LogP contribution in [0, 0.1) is 0 Å². The fraction of sp³-hybridized carbons (Fsp3) is 0.346. The third-order valence-corrected chi connectivity index (χ3v) is 7.21. The van der Waals surface area contributed by atoms with Crippen molar-refractivity contribution in [3.63, 3.8) is 0 Å². The summed E-state index contributed by atoms with van der Waals surface area (Å²) in [4.78, 5) is 41.6. The second-order valence-electron chi connectivity index (χ2n) is 9.73. The van der Waals surface area contributed by atoms with E-state index in [4.69, 9.17) is 23.2 Å². The number of fused-ring (bicyclic) bond motifs is 1. The summed E-state index contributed by atoms with van der Waals surface area (Å²) in [5, 5.41) is 2.48. The molecule has 6 nitrogen and oxygen atoms in total. The van der Waals surface area contributed by atoms with Crippen molar-refractivity contribution in [1.29, 1.82) is 0 Å². The van der Waals surface area contributed by atoms with Gasteiger partial charge in [0, 0.05) is 17.3 Å². The molecule has 0 bridgehead atoms. The summed E-state index contributed by atoms with van der Waals surface area (Å²) in [5.74, 6) is -1.20. The van der Waals surface area contributed by atoms with Crippen molar-refractivity contribution in [2.45, 2.75) is 58.5 Å². The predicted molar refractivity (Wildman–Crippen MR) is 137 cm³/mol. The van der Waals surface area contributed by atoms with E-state index in [2.05, 4.69) is 44.8 Å². The van der Waals surface area contributed by atoms with Gasteiger partial charge in [0.1, 0.15) is 5.57 Å². The van der Waals surface area contributed by atoms with Gasteiger partial charge in [-0.3, -0.25) is 14.9 Å². The second-order valence-corrected chi connectivity index (χ2v) is 10.5. The number of amides is 4. The smallest absolute Gasteiger partial charge is 0.336 e. The number of hydrogen-bond acceptors (Lipinski definition) is 4. The topological polar surface area (TPSA) is 69.7 Å². The highest BCUT2D eigenvalue weighted by atomic mass is 35.5. The number of rotatable bonds is 3. The number of nitrogens with zero attached hydrogens (tertiary/aromatic N) is 2. The molecule has 1 unspecified atom stereocenters. The molecule has 2 aromatic carbocycles. The Balaban J connectivity index is 1.76. The molecule has 1 N–H and O–H groups in total. The average Bonchev–Trinajstić information content (AvgIpc) is 2.73. The molecular weight excluding hydrogens is 473 g/mol. The quantitative estimate of drug-likeness (QED) is 0.405. The highest BCUT2D eigenvalue weighted by molar-refractivity contribution is 6.46. The molecule has 2 aliphatic heterocycles. The highest BCUT2D eigenvalue weighted by Crippen LogP contribution is 2.45. The van der Waals surface area contributed by atoms with Crippen molar-refractivity contribution in [1.82, 2.24) is 5.32 Å². The number of anilines is 2. The molecule has 0 aliphatic carbocycles. The average molecular weight is 500 g/mol. The Labute approximate surface area is 209 Å². The lowest BCUT2D eigenvalue weighted by Crippen LogP contribution is -2.54. The molecule has 2 aromatic rings. The van der Waals surface area contributed by atoms with E-state index in [0.29, 0.717) is 17.5 Å². The van der Waals surface area contributed by atoms with Crippen LogP contribution in [-0.4, -0.2) is 29.4 Å². The summed E-state index contributed by atoms with van der Waals surface area (Å²) < 4.78 is 0. The van der Waals surface area contributed by atoms with E-state index in [9.17, 15) is 14.4 Å². The van der Waals surface area contributed by atoms with Crippen molar-refractivity contribution >= 4 is 58.5 Å². The summed E-state index contributed by atoms with van der Waals surface area (Å²) in [6, 6.07) is 10.0. The summed E-state index contributed by atoms with van der Waals surface area (Å²) in [6.45, 7) is 11.0. The van der Waals surface area contributed by atoms with Crippen LogP contribution in [0.1, 0.15) is 58.1 Å². The van der Waals surface area contributed by atoms with Gasteiger partial charge in [-0.05, 0) is 81.5 Å². The molecule has 178 valence electrons. The summed E-state index contributed by atoms with van der Waals surface area (Å²) in [5.41, 5.74) is 3.00. The molecule has 1 atom stereocenters. The lowest BCUT2D eigenvalue weighted by molar-refractivity contribution is -0.122. The van der Waals surface area contributed by atoms with Gasteiger partial charge >= 0.3 is 6.03 Å². The zero-order chi connectivity index (χ0) is 24.9. The number of halogens is 2. The number of carbonyl (C=O) groups excluding carboxylic acids is 3. The molecule has 2 aliphatic rings. The van der Waals surface area contributed by atoms with E-state index in [0.717, 1.165) is 22.6 Å². The molecule has 4 rings (SSSR count). The van der Waals surface area contributed by atoms with Crippen molar-refractivity contribution < 1.29 is 14.4 Å². The van der Waals surface area contributed by atoms with Crippen molar-refractivity contribution in [3.8, 4) is 0 Å². The molecule has 1 saturated heterocycles. The van der Waals surface area contributed by atoms with E-state index in [-0.39, 0.29) is 26.8 Å². The predicted octanol–water partition coefficient (Wildman–Crippen LogP) is 6.16. The SMILES string of the molecule is CC1CC(C)(C)N(C(C)C)c2ccc(/C=C3\C(=O)NC(=O)N(c4cccc(Cl)c4Cl)C3=O)cc21. The molecule has 0 spiro atoms. The number of barbiturate groups is 1. The van der Waals surface area contributed by atoms with Gasteiger partial charge in [0.05, 0.1) is 15.7 Å². The van der Waals surface area contributed by atoms with E-state index >= 15 is 0 Å². The summed E-state index contributed by atoms with van der Waals surface area (Å²) in [6.07, 6.45) is 2.50. The van der Waals surface area contributed by atoms with Crippen molar-refractivity contribution in [2.75, 3.05) is 9.80 Å². The van der Waals surface area contributed by atoms with E-state index in [1.54, 1.807) is 12.1 Å². The van der Waals surface area contributed by atoms with Gasteiger partial charge in [-0.15, -0.1) is 0 Å². The van der Waals surface area contributed by atoms with Crippen LogP contribution in [-0.2, 0) is 9.59 Å². The van der Waals surface area contributed by atoms with Crippen LogP contribution in [0.2, 0.25) is 10.0 Å². The lowest BCUT2D eigenvalue weighted by atomic mass is 9.78. The number of urea groups is 1. The first-order valence-corrected chi connectivity index (χ1v) is 12.0. The van der Waals surface area contributed by atoms with E-state index in [1.807, 2.05) is 18.2 Å². The van der Waals surface area contributed by atoms with E-state index < -0.39 is 17.8 Å².